The van der Waals surface area contributed by atoms with E-state index in [9.17, 15) is 13.2 Å². The lowest BCUT2D eigenvalue weighted by Crippen LogP contribution is -2.48. The van der Waals surface area contributed by atoms with Gasteiger partial charge in [0.25, 0.3) is 0 Å². The van der Waals surface area contributed by atoms with Gasteiger partial charge in [0.2, 0.25) is 15.9 Å². The Labute approximate surface area is 146 Å². The molecule has 23 heavy (non-hydrogen) atoms. The molecule has 0 bridgehead atoms. The summed E-state index contributed by atoms with van der Waals surface area (Å²) in [6.45, 7) is 3.96. The number of piperidine rings is 1. The third-order valence-corrected chi connectivity index (χ3v) is 6.24. The van der Waals surface area contributed by atoms with Crippen LogP contribution in [0.1, 0.15) is 45.4 Å². The fraction of sp³-hybridized carbons (Fsp3) is 0.933. The van der Waals surface area contributed by atoms with E-state index in [-0.39, 0.29) is 30.4 Å². The number of nitrogens with one attached hydrogen (secondary N) is 2. The molecule has 0 unspecified atom stereocenters. The zero-order chi connectivity index (χ0) is 16.2. The molecular weight excluding hydrogens is 338 g/mol. The number of sulfonamides is 1. The smallest absolute Gasteiger partial charge is 0.239 e. The van der Waals surface area contributed by atoms with Gasteiger partial charge in [0, 0.05) is 19.1 Å². The van der Waals surface area contributed by atoms with E-state index < -0.39 is 15.8 Å². The Morgan fingerprint density at radius 3 is 2.26 bits per heavy atom. The van der Waals surface area contributed by atoms with Crippen molar-refractivity contribution < 1.29 is 13.2 Å². The number of nitrogens with zero attached hydrogens (tertiary/aromatic N) is 1. The van der Waals surface area contributed by atoms with Crippen LogP contribution in [-0.2, 0) is 14.8 Å². The molecule has 1 saturated heterocycles. The average molecular weight is 368 g/mol. The van der Waals surface area contributed by atoms with Crippen LogP contribution < -0.4 is 10.0 Å². The number of carbonyl (C=O) groups excluding carboxylic acids is 1. The predicted molar refractivity (Wildman–Crippen MR) is 94.3 cm³/mol. The lowest BCUT2D eigenvalue weighted by Gasteiger charge is -2.32. The summed E-state index contributed by atoms with van der Waals surface area (Å²) in [4.78, 5) is 13.9. The standard InChI is InChI=1S/C15H29N3O3S.ClH/c1-12-3-5-13(6-4-12)17-22(20,21)11-15(19)18(2)14-7-9-16-10-8-14;/h12-14,16-17H,3-11H2,1-2H3;1H. The zero-order valence-electron chi connectivity index (χ0n) is 14.1. The Morgan fingerprint density at radius 2 is 1.70 bits per heavy atom. The maximum atomic E-state index is 12.2. The molecule has 0 atom stereocenters. The van der Waals surface area contributed by atoms with Crippen molar-refractivity contribution in [1.29, 1.82) is 0 Å². The first-order chi connectivity index (χ1) is 10.4. The first-order valence-corrected chi connectivity index (χ1v) is 9.99. The normalized spacial score (nSPS) is 26.3. The van der Waals surface area contributed by atoms with Crippen molar-refractivity contribution in [3.63, 3.8) is 0 Å². The summed E-state index contributed by atoms with van der Waals surface area (Å²) in [7, 11) is -1.82. The molecular formula is C15H30ClN3O3S. The number of halogens is 1. The predicted octanol–water partition coefficient (Wildman–Crippen LogP) is 1.12. The molecule has 0 radical (unpaired) electrons. The summed E-state index contributed by atoms with van der Waals surface area (Å²) < 4.78 is 27.1. The first kappa shape index (κ1) is 20.7. The molecule has 1 saturated carbocycles. The van der Waals surface area contributed by atoms with Crippen LogP contribution in [0.2, 0.25) is 0 Å². The summed E-state index contributed by atoms with van der Waals surface area (Å²) in [6, 6.07) is 0.151. The van der Waals surface area contributed by atoms with Crippen molar-refractivity contribution in [1.82, 2.24) is 14.9 Å². The van der Waals surface area contributed by atoms with Gasteiger partial charge in [-0.2, -0.15) is 0 Å². The highest BCUT2D eigenvalue weighted by Gasteiger charge is 2.28. The van der Waals surface area contributed by atoms with Crippen molar-refractivity contribution in [2.75, 3.05) is 25.9 Å². The van der Waals surface area contributed by atoms with Gasteiger partial charge in [-0.05, 0) is 57.5 Å². The summed E-state index contributed by atoms with van der Waals surface area (Å²) in [6.07, 6.45) is 5.62. The zero-order valence-corrected chi connectivity index (χ0v) is 15.7. The van der Waals surface area contributed by atoms with Gasteiger partial charge < -0.3 is 10.2 Å². The molecule has 136 valence electrons. The average Bonchev–Trinajstić information content (AvgIpc) is 2.49. The molecule has 0 aromatic carbocycles. The van der Waals surface area contributed by atoms with Gasteiger partial charge in [0.1, 0.15) is 5.75 Å². The molecule has 1 amide bonds. The molecule has 0 spiro atoms. The van der Waals surface area contributed by atoms with E-state index >= 15 is 0 Å². The lowest BCUT2D eigenvalue weighted by atomic mass is 9.88. The number of rotatable bonds is 5. The number of hydrogen-bond donors (Lipinski definition) is 2. The molecule has 1 heterocycles. The SMILES string of the molecule is CC1CCC(NS(=O)(=O)CC(=O)N(C)C2CCNCC2)CC1.Cl. The van der Waals surface area contributed by atoms with Gasteiger partial charge in [-0.15, -0.1) is 12.4 Å². The summed E-state index contributed by atoms with van der Waals surface area (Å²) in [5.74, 6) is -0.0588. The second-order valence-corrected chi connectivity index (χ2v) is 8.57. The van der Waals surface area contributed by atoms with E-state index in [1.54, 1.807) is 11.9 Å². The van der Waals surface area contributed by atoms with E-state index in [1.807, 2.05) is 0 Å². The van der Waals surface area contributed by atoms with Crippen LogP contribution in [0.5, 0.6) is 0 Å². The Balaban J connectivity index is 0.00000264. The van der Waals surface area contributed by atoms with Crippen LogP contribution in [0.4, 0.5) is 0 Å². The van der Waals surface area contributed by atoms with Crippen LogP contribution >= 0.6 is 12.4 Å². The fourth-order valence-electron chi connectivity index (χ4n) is 3.34. The Hall–Kier alpha value is -0.370. The highest BCUT2D eigenvalue weighted by atomic mass is 35.5. The molecule has 2 N–H and O–H groups in total. The highest BCUT2D eigenvalue weighted by Crippen LogP contribution is 2.23. The second-order valence-electron chi connectivity index (χ2n) is 6.82. The van der Waals surface area contributed by atoms with Crippen LogP contribution in [-0.4, -0.2) is 57.2 Å². The van der Waals surface area contributed by atoms with Crippen molar-refractivity contribution in [2.45, 2.75) is 57.5 Å². The first-order valence-electron chi connectivity index (χ1n) is 8.34. The molecule has 1 aliphatic carbocycles. The minimum absolute atomic E-state index is 0. The van der Waals surface area contributed by atoms with Crippen LogP contribution in [0.25, 0.3) is 0 Å². The van der Waals surface area contributed by atoms with Crippen LogP contribution in [0.15, 0.2) is 0 Å². The lowest BCUT2D eigenvalue weighted by molar-refractivity contribution is -0.129. The molecule has 1 aliphatic heterocycles. The van der Waals surface area contributed by atoms with Crippen molar-refractivity contribution >= 4 is 28.3 Å². The van der Waals surface area contributed by atoms with E-state index in [1.165, 1.54) is 0 Å². The molecule has 6 nitrogen and oxygen atoms in total. The number of amides is 1. The van der Waals surface area contributed by atoms with Crippen LogP contribution in [0, 0.1) is 5.92 Å². The Bertz CT molecular complexity index is 472. The second kappa shape index (κ2) is 9.20. The van der Waals surface area contributed by atoms with Gasteiger partial charge in [0.05, 0.1) is 0 Å². The molecule has 2 rings (SSSR count). The van der Waals surface area contributed by atoms with Crippen molar-refractivity contribution in [3.8, 4) is 0 Å². The molecule has 8 heteroatoms. The van der Waals surface area contributed by atoms with Gasteiger partial charge in [-0.1, -0.05) is 6.92 Å². The Kier molecular flexibility index (Phi) is 8.27. The minimum Gasteiger partial charge on any atom is -0.342 e. The summed E-state index contributed by atoms with van der Waals surface area (Å²) >= 11 is 0. The number of hydrogen-bond acceptors (Lipinski definition) is 4. The van der Waals surface area contributed by atoms with Gasteiger partial charge in [0.15, 0.2) is 0 Å². The number of carbonyl (C=O) groups is 1. The minimum atomic E-state index is -3.54. The fourth-order valence-corrected chi connectivity index (χ4v) is 4.69. The van der Waals surface area contributed by atoms with Gasteiger partial charge in [-0.3, -0.25) is 4.79 Å². The Morgan fingerprint density at radius 1 is 1.13 bits per heavy atom. The largest absolute Gasteiger partial charge is 0.342 e. The molecule has 0 aromatic rings. The van der Waals surface area contributed by atoms with E-state index in [2.05, 4.69) is 17.0 Å². The van der Waals surface area contributed by atoms with Crippen molar-refractivity contribution in [3.05, 3.63) is 0 Å². The van der Waals surface area contributed by atoms with Gasteiger partial charge >= 0.3 is 0 Å². The third kappa shape index (κ3) is 6.57. The maximum absolute atomic E-state index is 12.2. The third-order valence-electron chi connectivity index (χ3n) is 4.93. The van der Waals surface area contributed by atoms with Gasteiger partial charge in [-0.25, -0.2) is 13.1 Å². The molecule has 2 aliphatic rings. The quantitative estimate of drug-likeness (QED) is 0.763. The van der Waals surface area contributed by atoms with Crippen molar-refractivity contribution in [2.24, 2.45) is 5.92 Å². The summed E-state index contributed by atoms with van der Waals surface area (Å²) in [5.41, 5.74) is 0. The highest BCUT2D eigenvalue weighted by molar-refractivity contribution is 7.90. The van der Waals surface area contributed by atoms with Crippen LogP contribution in [0.3, 0.4) is 0 Å². The van der Waals surface area contributed by atoms with E-state index in [4.69, 9.17) is 0 Å². The van der Waals surface area contributed by atoms with E-state index in [0.29, 0.717) is 5.92 Å². The molecule has 2 fully saturated rings. The topological polar surface area (TPSA) is 78.5 Å². The summed E-state index contributed by atoms with van der Waals surface area (Å²) in [5, 5.41) is 3.25. The molecule has 0 aromatic heterocycles. The van der Waals surface area contributed by atoms with E-state index in [0.717, 1.165) is 51.6 Å². The maximum Gasteiger partial charge on any atom is 0.239 e. The monoisotopic (exact) mass is 367 g/mol.